The molecule has 2 heterocycles. The first kappa shape index (κ1) is 17.4. The molecule has 2 aromatic rings. The Morgan fingerprint density at radius 3 is 2.96 bits per heavy atom. The maximum Gasteiger partial charge on any atom is 0.227 e. The summed E-state index contributed by atoms with van der Waals surface area (Å²) in [6.45, 7) is 5.88. The van der Waals surface area contributed by atoms with Gasteiger partial charge in [0.25, 0.3) is 0 Å². The molecular formula is C19H24N4O2. The quantitative estimate of drug-likeness (QED) is 0.906. The topological polar surface area (TPSA) is 71.3 Å². The van der Waals surface area contributed by atoms with Gasteiger partial charge >= 0.3 is 0 Å². The lowest BCUT2D eigenvalue weighted by Gasteiger charge is -2.19. The fourth-order valence-corrected chi connectivity index (χ4v) is 2.76. The molecule has 0 spiro atoms. The Hall–Kier alpha value is -2.47. The highest BCUT2D eigenvalue weighted by atomic mass is 16.5. The molecule has 0 saturated carbocycles. The van der Waals surface area contributed by atoms with E-state index in [2.05, 4.69) is 33.5 Å². The van der Waals surface area contributed by atoms with Crippen molar-refractivity contribution in [3.8, 4) is 0 Å². The van der Waals surface area contributed by atoms with Crippen LogP contribution in [-0.2, 0) is 11.2 Å². The van der Waals surface area contributed by atoms with Crippen LogP contribution in [0.5, 0.6) is 0 Å². The largest absolute Gasteiger partial charge is 0.339 e. The molecule has 6 nitrogen and oxygen atoms in total. The molecule has 0 radical (unpaired) electrons. The Kier molecular flexibility index (Phi) is 5.28. The summed E-state index contributed by atoms with van der Waals surface area (Å²) < 4.78 is 5.29. The van der Waals surface area contributed by atoms with E-state index >= 15 is 0 Å². The zero-order chi connectivity index (χ0) is 17.8. The van der Waals surface area contributed by atoms with Crippen LogP contribution in [0.1, 0.15) is 35.7 Å². The average Bonchev–Trinajstić information content (AvgIpc) is 3.06. The summed E-state index contributed by atoms with van der Waals surface area (Å²) in [6.07, 6.45) is 3.81. The van der Waals surface area contributed by atoms with Crippen LogP contribution in [0.3, 0.4) is 0 Å². The molecule has 0 atom stereocenters. The van der Waals surface area contributed by atoms with E-state index in [1.54, 1.807) is 0 Å². The van der Waals surface area contributed by atoms with Gasteiger partial charge in [0.15, 0.2) is 5.82 Å². The normalized spacial score (nSPS) is 15.1. The van der Waals surface area contributed by atoms with Crippen molar-refractivity contribution in [2.45, 2.75) is 33.1 Å². The fraction of sp³-hybridized carbons (Fsp3) is 0.421. The molecule has 132 valence electrons. The zero-order valence-electron chi connectivity index (χ0n) is 15.0. The van der Waals surface area contributed by atoms with Crippen LogP contribution in [0.2, 0.25) is 0 Å². The molecular weight excluding hydrogens is 316 g/mol. The van der Waals surface area contributed by atoms with Crippen LogP contribution >= 0.6 is 0 Å². The van der Waals surface area contributed by atoms with Gasteiger partial charge in [-0.1, -0.05) is 23.4 Å². The lowest BCUT2D eigenvalue weighted by Crippen LogP contribution is -2.23. The van der Waals surface area contributed by atoms with Gasteiger partial charge in [-0.05, 0) is 50.1 Å². The summed E-state index contributed by atoms with van der Waals surface area (Å²) in [5, 5.41) is 7.00. The average molecular weight is 340 g/mol. The first-order chi connectivity index (χ1) is 12.0. The van der Waals surface area contributed by atoms with Crippen molar-refractivity contribution in [2.75, 3.05) is 25.5 Å². The number of aromatic nitrogens is 2. The second kappa shape index (κ2) is 7.61. The van der Waals surface area contributed by atoms with Gasteiger partial charge in [0.1, 0.15) is 0 Å². The van der Waals surface area contributed by atoms with Crippen molar-refractivity contribution < 1.29 is 9.32 Å². The van der Waals surface area contributed by atoms with Gasteiger partial charge in [0, 0.05) is 31.6 Å². The van der Waals surface area contributed by atoms with Gasteiger partial charge in [-0.2, -0.15) is 4.98 Å². The van der Waals surface area contributed by atoms with E-state index in [9.17, 15) is 4.79 Å². The number of nitrogens with zero attached hydrogens (tertiary/aromatic N) is 3. The Morgan fingerprint density at radius 2 is 2.20 bits per heavy atom. The maximum atomic E-state index is 12.2. The van der Waals surface area contributed by atoms with Gasteiger partial charge in [0.05, 0.1) is 0 Å². The van der Waals surface area contributed by atoms with Gasteiger partial charge in [-0.3, -0.25) is 4.79 Å². The highest BCUT2D eigenvalue weighted by Gasteiger charge is 2.16. The van der Waals surface area contributed by atoms with Crippen LogP contribution in [0, 0.1) is 13.8 Å². The molecule has 1 aliphatic rings. The maximum absolute atomic E-state index is 12.2. The Morgan fingerprint density at radius 1 is 1.36 bits per heavy atom. The number of likely N-dealkylation sites (N-methyl/N-ethyl adjacent to an activating group) is 1. The highest BCUT2D eigenvalue weighted by molar-refractivity contribution is 5.91. The van der Waals surface area contributed by atoms with Gasteiger partial charge < -0.3 is 14.7 Å². The molecule has 0 aliphatic carbocycles. The summed E-state index contributed by atoms with van der Waals surface area (Å²) in [5.74, 6) is 1.11. The summed E-state index contributed by atoms with van der Waals surface area (Å²) in [5.41, 5.74) is 4.14. The van der Waals surface area contributed by atoms with E-state index in [4.69, 9.17) is 4.52 Å². The van der Waals surface area contributed by atoms with E-state index in [0.717, 1.165) is 41.9 Å². The number of hydrogen-bond donors (Lipinski definition) is 1. The minimum absolute atomic E-state index is 0.0491. The van der Waals surface area contributed by atoms with E-state index in [1.807, 2.05) is 32.0 Å². The van der Waals surface area contributed by atoms with Gasteiger partial charge in [0.2, 0.25) is 11.8 Å². The lowest BCUT2D eigenvalue weighted by molar-refractivity contribution is -0.116. The van der Waals surface area contributed by atoms with E-state index in [0.29, 0.717) is 24.6 Å². The van der Waals surface area contributed by atoms with Crippen molar-refractivity contribution in [3.05, 3.63) is 47.1 Å². The molecule has 0 unspecified atom stereocenters. The summed E-state index contributed by atoms with van der Waals surface area (Å²) in [4.78, 5) is 18.8. The highest BCUT2D eigenvalue weighted by Crippen LogP contribution is 2.20. The number of anilines is 1. The number of amides is 1. The third kappa shape index (κ3) is 4.54. The summed E-state index contributed by atoms with van der Waals surface area (Å²) in [7, 11) is 2.09. The molecule has 1 aliphatic heterocycles. The van der Waals surface area contributed by atoms with Crippen LogP contribution in [0.25, 0.3) is 5.57 Å². The number of carbonyl (C=O) groups excluding carboxylic acids is 1. The minimum Gasteiger partial charge on any atom is -0.339 e. The molecule has 1 aromatic carbocycles. The van der Waals surface area contributed by atoms with E-state index < -0.39 is 0 Å². The molecule has 3 rings (SSSR count). The molecule has 0 bridgehead atoms. The van der Waals surface area contributed by atoms with Crippen molar-refractivity contribution in [2.24, 2.45) is 0 Å². The monoisotopic (exact) mass is 340 g/mol. The van der Waals surface area contributed by atoms with Crippen LogP contribution in [0.4, 0.5) is 5.69 Å². The molecule has 0 saturated heterocycles. The predicted molar refractivity (Wildman–Crippen MR) is 97.3 cm³/mol. The van der Waals surface area contributed by atoms with Gasteiger partial charge in [-0.25, -0.2) is 0 Å². The second-order valence-corrected chi connectivity index (χ2v) is 6.62. The summed E-state index contributed by atoms with van der Waals surface area (Å²) in [6, 6.07) is 6.01. The van der Waals surface area contributed by atoms with Gasteiger partial charge in [-0.15, -0.1) is 0 Å². The number of nitrogens with one attached hydrogen (secondary N) is 1. The van der Waals surface area contributed by atoms with Crippen molar-refractivity contribution in [1.82, 2.24) is 15.0 Å². The number of hydrogen-bond acceptors (Lipinski definition) is 5. The lowest BCUT2D eigenvalue weighted by atomic mass is 10.1. The first-order valence-electron chi connectivity index (χ1n) is 8.59. The molecule has 0 fully saturated rings. The molecule has 1 aromatic heterocycles. The van der Waals surface area contributed by atoms with E-state index in [1.165, 1.54) is 0 Å². The van der Waals surface area contributed by atoms with E-state index in [-0.39, 0.29) is 5.91 Å². The second-order valence-electron chi connectivity index (χ2n) is 6.62. The number of benzene rings is 1. The predicted octanol–water partition coefficient (Wildman–Crippen LogP) is 2.98. The smallest absolute Gasteiger partial charge is 0.227 e. The zero-order valence-corrected chi connectivity index (χ0v) is 15.0. The number of rotatable bonds is 5. The standard InChI is InChI=1S/C19H24N4O2/c1-13-4-5-14(2)16(12-13)20-17(24)6-7-18-21-19(22-25-18)15-8-10-23(3)11-9-15/h4-5,8,12H,6-7,9-11H2,1-3H3,(H,20,24). The summed E-state index contributed by atoms with van der Waals surface area (Å²) >= 11 is 0. The Labute approximate surface area is 147 Å². The number of carbonyl (C=O) groups is 1. The van der Waals surface area contributed by atoms with Crippen molar-refractivity contribution in [1.29, 1.82) is 0 Å². The molecule has 25 heavy (non-hydrogen) atoms. The third-order valence-electron chi connectivity index (χ3n) is 4.40. The Balaban J connectivity index is 1.55. The molecule has 6 heteroatoms. The van der Waals surface area contributed by atoms with Crippen LogP contribution in [-0.4, -0.2) is 41.1 Å². The Bertz CT molecular complexity index is 794. The van der Waals surface area contributed by atoms with Crippen LogP contribution < -0.4 is 5.32 Å². The van der Waals surface area contributed by atoms with Crippen molar-refractivity contribution in [3.63, 3.8) is 0 Å². The number of aryl methyl sites for hydroxylation is 3. The van der Waals surface area contributed by atoms with Crippen molar-refractivity contribution >= 4 is 17.2 Å². The minimum atomic E-state index is -0.0491. The SMILES string of the molecule is Cc1ccc(C)c(NC(=O)CCc2nc(C3=CCN(C)CC3)no2)c1. The third-order valence-corrected chi connectivity index (χ3v) is 4.40. The molecule has 1 N–H and O–H groups in total. The first-order valence-corrected chi connectivity index (χ1v) is 8.59. The molecule has 1 amide bonds. The fourth-order valence-electron chi connectivity index (χ4n) is 2.76. The van der Waals surface area contributed by atoms with Crippen LogP contribution in [0.15, 0.2) is 28.8 Å².